The van der Waals surface area contributed by atoms with E-state index in [1.807, 2.05) is 6.07 Å². The van der Waals surface area contributed by atoms with Crippen LogP contribution >= 0.6 is 15.9 Å². The van der Waals surface area contributed by atoms with Crippen LogP contribution in [0.25, 0.3) is 0 Å². The molecule has 2 N–H and O–H groups in total. The minimum Gasteiger partial charge on any atom is -0.508 e. The lowest BCUT2D eigenvalue weighted by Crippen LogP contribution is -2.45. The molecule has 3 nitrogen and oxygen atoms in total. The third-order valence-electron chi connectivity index (χ3n) is 2.25. The Balaban J connectivity index is 1.96. The Kier molecular flexibility index (Phi) is 3.05. The fourth-order valence-corrected chi connectivity index (χ4v) is 1.69. The number of hydrogen-bond acceptors (Lipinski definition) is 3. The van der Waals surface area contributed by atoms with E-state index in [1.165, 1.54) is 0 Å². The molecule has 0 unspecified atom stereocenters. The maximum atomic E-state index is 9.30. The first-order valence-electron chi connectivity index (χ1n) is 4.54. The zero-order chi connectivity index (χ0) is 9.97. The van der Waals surface area contributed by atoms with Gasteiger partial charge in [0.25, 0.3) is 0 Å². The number of rotatable bonds is 3. The third-order valence-corrected chi connectivity index (χ3v) is 3.02. The van der Waals surface area contributed by atoms with Crippen molar-refractivity contribution in [3.05, 3.63) is 28.2 Å². The molecule has 0 amide bonds. The lowest BCUT2D eigenvalue weighted by atomic mass is 10.2. The quantitative estimate of drug-likeness (QED) is 0.866. The number of halogens is 1. The molecule has 2 rings (SSSR count). The molecule has 1 aliphatic rings. The third kappa shape index (κ3) is 2.26. The summed E-state index contributed by atoms with van der Waals surface area (Å²) in [5.74, 6) is 0.301. The zero-order valence-electron chi connectivity index (χ0n) is 7.66. The summed E-state index contributed by atoms with van der Waals surface area (Å²) in [6, 6.07) is 5.74. The minimum absolute atomic E-state index is 0.301. The first kappa shape index (κ1) is 9.96. The number of aromatic hydroxyl groups is 1. The highest BCUT2D eigenvalue weighted by Gasteiger charge is 2.17. The lowest BCUT2D eigenvalue weighted by Gasteiger charge is -2.27. The molecule has 0 spiro atoms. The van der Waals surface area contributed by atoms with Gasteiger partial charge in [-0.25, -0.2) is 0 Å². The Hall–Kier alpha value is -0.580. The summed E-state index contributed by atoms with van der Waals surface area (Å²) in [4.78, 5) is 0. The summed E-state index contributed by atoms with van der Waals surface area (Å²) in [5, 5.41) is 12.6. The molecule has 0 aliphatic carbocycles. The molecule has 1 fully saturated rings. The van der Waals surface area contributed by atoms with E-state index in [0.29, 0.717) is 11.8 Å². The molecule has 76 valence electrons. The lowest BCUT2D eigenvalue weighted by molar-refractivity contribution is -0.00580. The highest BCUT2D eigenvalue weighted by atomic mass is 79.9. The number of benzene rings is 1. The summed E-state index contributed by atoms with van der Waals surface area (Å²) in [5.41, 5.74) is 1.07. The van der Waals surface area contributed by atoms with Crippen LogP contribution in [-0.2, 0) is 11.3 Å². The number of phenols is 1. The molecular weight excluding hydrogens is 246 g/mol. The van der Waals surface area contributed by atoms with Gasteiger partial charge in [-0.1, -0.05) is 15.9 Å². The van der Waals surface area contributed by atoms with Gasteiger partial charge in [-0.2, -0.15) is 0 Å². The minimum atomic E-state index is 0.301. The fourth-order valence-electron chi connectivity index (χ4n) is 1.30. The van der Waals surface area contributed by atoms with Gasteiger partial charge in [0, 0.05) is 11.0 Å². The van der Waals surface area contributed by atoms with Crippen molar-refractivity contribution in [3.63, 3.8) is 0 Å². The summed E-state index contributed by atoms with van der Waals surface area (Å²) >= 11 is 3.44. The van der Waals surface area contributed by atoms with E-state index < -0.39 is 0 Å². The van der Waals surface area contributed by atoms with Gasteiger partial charge in [0.05, 0.1) is 19.3 Å². The maximum absolute atomic E-state index is 9.30. The molecule has 4 heteroatoms. The van der Waals surface area contributed by atoms with Crippen molar-refractivity contribution >= 4 is 15.9 Å². The van der Waals surface area contributed by atoms with Gasteiger partial charge < -0.3 is 15.2 Å². The predicted molar refractivity (Wildman–Crippen MR) is 57.3 cm³/mol. The average Bonchev–Trinajstić information content (AvgIpc) is 2.08. The Bertz CT molecular complexity index is 326. The van der Waals surface area contributed by atoms with E-state index >= 15 is 0 Å². The van der Waals surface area contributed by atoms with E-state index in [0.717, 1.165) is 29.8 Å². The number of nitrogens with one attached hydrogen (secondary N) is 1. The Labute approximate surface area is 91.2 Å². The van der Waals surface area contributed by atoms with E-state index in [9.17, 15) is 5.11 Å². The summed E-state index contributed by atoms with van der Waals surface area (Å²) in [6.07, 6.45) is 0. The standard InChI is InChI=1S/C10H12BrNO2/c11-10-2-1-9(13)3-7(10)4-12-8-5-14-6-8/h1-3,8,12-13H,4-6H2. The van der Waals surface area contributed by atoms with Crippen LogP contribution < -0.4 is 5.32 Å². The molecule has 1 aromatic carbocycles. The second-order valence-electron chi connectivity index (χ2n) is 3.39. The van der Waals surface area contributed by atoms with Gasteiger partial charge in [0.2, 0.25) is 0 Å². The van der Waals surface area contributed by atoms with Crippen molar-refractivity contribution in [1.82, 2.24) is 5.32 Å². The molecule has 1 saturated heterocycles. The molecule has 1 heterocycles. The van der Waals surface area contributed by atoms with Gasteiger partial charge in [-0.15, -0.1) is 0 Å². The van der Waals surface area contributed by atoms with Gasteiger partial charge in [-0.05, 0) is 23.8 Å². The predicted octanol–water partition coefficient (Wildman–Crippen LogP) is 1.64. The van der Waals surface area contributed by atoms with Crippen LogP contribution in [0.2, 0.25) is 0 Å². The van der Waals surface area contributed by atoms with Gasteiger partial charge >= 0.3 is 0 Å². The molecule has 1 aromatic rings. The van der Waals surface area contributed by atoms with Gasteiger partial charge in [0.15, 0.2) is 0 Å². The fraction of sp³-hybridized carbons (Fsp3) is 0.400. The highest BCUT2D eigenvalue weighted by Crippen LogP contribution is 2.21. The van der Waals surface area contributed by atoms with E-state index in [2.05, 4.69) is 21.2 Å². The zero-order valence-corrected chi connectivity index (χ0v) is 9.25. The Morgan fingerprint density at radius 2 is 2.29 bits per heavy atom. The van der Waals surface area contributed by atoms with E-state index in [-0.39, 0.29) is 0 Å². The van der Waals surface area contributed by atoms with Crippen molar-refractivity contribution in [2.45, 2.75) is 12.6 Å². The average molecular weight is 258 g/mol. The summed E-state index contributed by atoms with van der Waals surface area (Å²) in [7, 11) is 0. The van der Waals surface area contributed by atoms with Gasteiger partial charge in [0.1, 0.15) is 5.75 Å². The van der Waals surface area contributed by atoms with Crippen molar-refractivity contribution in [2.75, 3.05) is 13.2 Å². The number of hydrogen-bond donors (Lipinski definition) is 2. The molecular formula is C10H12BrNO2. The number of phenolic OH excluding ortho intramolecular Hbond substituents is 1. The van der Waals surface area contributed by atoms with Crippen LogP contribution in [0.4, 0.5) is 0 Å². The molecule has 1 aliphatic heterocycles. The summed E-state index contributed by atoms with van der Waals surface area (Å²) < 4.78 is 6.07. The molecule has 0 aromatic heterocycles. The molecule has 0 radical (unpaired) electrons. The monoisotopic (exact) mass is 257 g/mol. The largest absolute Gasteiger partial charge is 0.508 e. The Morgan fingerprint density at radius 3 is 2.93 bits per heavy atom. The van der Waals surface area contributed by atoms with Crippen LogP contribution in [0.15, 0.2) is 22.7 Å². The van der Waals surface area contributed by atoms with Crippen LogP contribution in [0, 0.1) is 0 Å². The van der Waals surface area contributed by atoms with Crippen LogP contribution in [0.3, 0.4) is 0 Å². The first-order valence-corrected chi connectivity index (χ1v) is 5.33. The summed E-state index contributed by atoms with van der Waals surface area (Å²) in [6.45, 7) is 2.33. The maximum Gasteiger partial charge on any atom is 0.115 e. The number of ether oxygens (including phenoxy) is 1. The molecule has 0 atom stereocenters. The molecule has 14 heavy (non-hydrogen) atoms. The second-order valence-corrected chi connectivity index (χ2v) is 4.25. The van der Waals surface area contributed by atoms with Crippen LogP contribution in [0.1, 0.15) is 5.56 Å². The highest BCUT2D eigenvalue weighted by molar-refractivity contribution is 9.10. The molecule has 0 saturated carbocycles. The van der Waals surface area contributed by atoms with Crippen molar-refractivity contribution in [2.24, 2.45) is 0 Å². The Morgan fingerprint density at radius 1 is 1.50 bits per heavy atom. The first-order chi connectivity index (χ1) is 6.75. The SMILES string of the molecule is Oc1ccc(Br)c(CNC2COC2)c1. The normalized spacial score (nSPS) is 16.6. The second kappa shape index (κ2) is 4.29. The van der Waals surface area contributed by atoms with E-state index in [4.69, 9.17) is 4.74 Å². The van der Waals surface area contributed by atoms with Crippen LogP contribution in [0.5, 0.6) is 5.75 Å². The van der Waals surface area contributed by atoms with Crippen LogP contribution in [-0.4, -0.2) is 24.4 Å². The smallest absolute Gasteiger partial charge is 0.115 e. The van der Waals surface area contributed by atoms with Crippen molar-refractivity contribution < 1.29 is 9.84 Å². The van der Waals surface area contributed by atoms with E-state index in [1.54, 1.807) is 12.1 Å². The van der Waals surface area contributed by atoms with Crippen molar-refractivity contribution in [1.29, 1.82) is 0 Å². The van der Waals surface area contributed by atoms with Crippen molar-refractivity contribution in [3.8, 4) is 5.75 Å². The molecule has 0 bridgehead atoms. The topological polar surface area (TPSA) is 41.5 Å². The van der Waals surface area contributed by atoms with Gasteiger partial charge in [-0.3, -0.25) is 0 Å².